The van der Waals surface area contributed by atoms with Crippen LogP contribution in [0, 0.1) is 5.92 Å². The van der Waals surface area contributed by atoms with Crippen LogP contribution >= 0.6 is 0 Å². The molecule has 0 radical (unpaired) electrons. The number of hydrogen-bond acceptors (Lipinski definition) is 6. The van der Waals surface area contributed by atoms with Gasteiger partial charge in [-0.1, -0.05) is 0 Å². The van der Waals surface area contributed by atoms with E-state index in [1.165, 1.54) is 0 Å². The Morgan fingerprint density at radius 2 is 2.04 bits per heavy atom. The zero-order valence-corrected chi connectivity index (χ0v) is 14.2. The molecule has 0 N–H and O–H groups in total. The van der Waals surface area contributed by atoms with Gasteiger partial charge in [-0.15, -0.1) is 5.10 Å². The van der Waals surface area contributed by atoms with E-state index in [4.69, 9.17) is 4.74 Å². The van der Waals surface area contributed by atoms with Gasteiger partial charge >= 0.3 is 6.03 Å². The molecule has 1 aromatic heterocycles. The van der Waals surface area contributed by atoms with Crippen molar-refractivity contribution in [2.24, 2.45) is 5.92 Å². The van der Waals surface area contributed by atoms with Crippen LogP contribution in [0.25, 0.3) is 0 Å². The molecule has 4 rings (SSSR count). The Kier molecular flexibility index (Phi) is 4.36. The minimum absolute atomic E-state index is 0.156. The third kappa shape index (κ3) is 3.10. The number of rotatable bonds is 4. The number of fused-ring (bicyclic) bond motifs is 1. The van der Waals surface area contributed by atoms with Gasteiger partial charge in [-0.3, -0.25) is 4.90 Å². The molecule has 9 nitrogen and oxygen atoms in total. The fraction of sp³-hybridized carbons (Fsp3) is 0.867. The molecule has 9 heteroatoms. The first kappa shape index (κ1) is 15.8. The topological polar surface area (TPSA) is 79.6 Å². The number of likely N-dealkylation sites (N-methyl/N-ethyl adjacent to an activating group) is 1. The lowest BCUT2D eigenvalue weighted by atomic mass is 10.0. The lowest BCUT2D eigenvalue weighted by Gasteiger charge is -2.36. The van der Waals surface area contributed by atoms with Crippen molar-refractivity contribution >= 4 is 6.03 Å². The van der Waals surface area contributed by atoms with Crippen molar-refractivity contribution in [1.82, 2.24) is 34.9 Å². The summed E-state index contributed by atoms with van der Waals surface area (Å²) < 4.78 is 7.38. The van der Waals surface area contributed by atoms with Gasteiger partial charge in [0.2, 0.25) is 0 Å². The molecule has 3 aliphatic rings. The summed E-state index contributed by atoms with van der Waals surface area (Å²) >= 11 is 0. The molecule has 1 unspecified atom stereocenters. The van der Waals surface area contributed by atoms with Crippen molar-refractivity contribution in [2.75, 3.05) is 46.4 Å². The van der Waals surface area contributed by atoms with Crippen LogP contribution in [0.15, 0.2) is 0 Å². The maximum atomic E-state index is 12.0. The number of ether oxygens (including phenoxy) is 1. The number of hydrogen-bond donors (Lipinski definition) is 0. The summed E-state index contributed by atoms with van der Waals surface area (Å²) in [6.07, 6.45) is 2.16. The number of piperazine rings is 1. The molecule has 24 heavy (non-hydrogen) atoms. The lowest BCUT2D eigenvalue weighted by Crippen LogP contribution is -2.51. The smallest absolute Gasteiger partial charge is 0.320 e. The van der Waals surface area contributed by atoms with Crippen LogP contribution in [-0.2, 0) is 17.8 Å². The minimum atomic E-state index is 0.156. The third-order valence-corrected chi connectivity index (χ3v) is 5.37. The molecule has 1 aromatic rings. The number of aromatic nitrogens is 4. The monoisotopic (exact) mass is 335 g/mol. The largest absolute Gasteiger partial charge is 0.381 e. The molecule has 0 aromatic carbocycles. The Bertz CT molecular complexity index is 586. The molecule has 2 amide bonds. The van der Waals surface area contributed by atoms with Crippen LogP contribution in [0.4, 0.5) is 4.79 Å². The molecule has 0 bridgehead atoms. The lowest BCUT2D eigenvalue weighted by molar-refractivity contribution is 0.0589. The van der Waals surface area contributed by atoms with Crippen molar-refractivity contribution in [3.63, 3.8) is 0 Å². The summed E-state index contributed by atoms with van der Waals surface area (Å²) in [6.45, 7) is 6.66. The third-order valence-electron chi connectivity index (χ3n) is 5.37. The molecule has 132 valence electrons. The van der Waals surface area contributed by atoms with Crippen molar-refractivity contribution in [3.8, 4) is 0 Å². The highest BCUT2D eigenvalue weighted by Crippen LogP contribution is 2.21. The molecule has 3 fully saturated rings. The van der Waals surface area contributed by atoms with Crippen molar-refractivity contribution in [2.45, 2.75) is 32.0 Å². The van der Waals surface area contributed by atoms with E-state index in [0.29, 0.717) is 5.92 Å². The number of carbonyl (C=O) groups excluding carboxylic acids is 1. The summed E-state index contributed by atoms with van der Waals surface area (Å²) in [7, 11) is 1.87. The van der Waals surface area contributed by atoms with Gasteiger partial charge in [-0.25, -0.2) is 9.48 Å². The maximum Gasteiger partial charge on any atom is 0.320 e. The number of carbonyl (C=O) groups is 1. The number of nitrogens with zero attached hydrogens (tertiary/aromatic N) is 7. The van der Waals surface area contributed by atoms with Crippen molar-refractivity contribution in [1.29, 1.82) is 0 Å². The summed E-state index contributed by atoms with van der Waals surface area (Å²) in [5.41, 5.74) is 0. The predicted molar refractivity (Wildman–Crippen MR) is 85.2 cm³/mol. The number of amides is 2. The van der Waals surface area contributed by atoms with Gasteiger partial charge in [0, 0.05) is 53.0 Å². The van der Waals surface area contributed by atoms with E-state index in [9.17, 15) is 4.79 Å². The summed E-state index contributed by atoms with van der Waals surface area (Å²) in [5, 5.41) is 12.3. The average molecular weight is 335 g/mol. The molecule has 0 saturated carbocycles. The second-order valence-electron chi connectivity index (χ2n) is 7.08. The Morgan fingerprint density at radius 3 is 2.88 bits per heavy atom. The van der Waals surface area contributed by atoms with Crippen LogP contribution in [-0.4, -0.2) is 93.4 Å². The molecule has 0 aliphatic carbocycles. The van der Waals surface area contributed by atoms with E-state index >= 15 is 0 Å². The quantitative estimate of drug-likeness (QED) is 0.748. The van der Waals surface area contributed by atoms with Gasteiger partial charge in [0.05, 0.1) is 12.6 Å². The average Bonchev–Trinajstić information content (AvgIpc) is 3.13. The molecular weight excluding hydrogens is 310 g/mol. The Hall–Kier alpha value is -1.74. The van der Waals surface area contributed by atoms with Crippen molar-refractivity contribution < 1.29 is 9.53 Å². The van der Waals surface area contributed by atoms with Gasteiger partial charge in [0.25, 0.3) is 0 Å². The highest BCUT2D eigenvalue weighted by Gasteiger charge is 2.39. The van der Waals surface area contributed by atoms with Gasteiger partial charge in [0.15, 0.2) is 5.82 Å². The van der Waals surface area contributed by atoms with E-state index in [2.05, 4.69) is 20.4 Å². The van der Waals surface area contributed by atoms with Crippen LogP contribution < -0.4 is 0 Å². The summed E-state index contributed by atoms with van der Waals surface area (Å²) in [4.78, 5) is 18.2. The second kappa shape index (κ2) is 6.64. The minimum Gasteiger partial charge on any atom is -0.381 e. The van der Waals surface area contributed by atoms with E-state index < -0.39 is 0 Å². The Balaban J connectivity index is 1.36. The van der Waals surface area contributed by atoms with E-state index in [1.54, 1.807) is 0 Å². The first-order valence-corrected chi connectivity index (χ1v) is 8.77. The normalized spacial score (nSPS) is 26.2. The van der Waals surface area contributed by atoms with Crippen LogP contribution in [0.1, 0.15) is 18.7 Å². The maximum absolute atomic E-state index is 12.0. The molecule has 0 spiro atoms. The predicted octanol–water partition coefficient (Wildman–Crippen LogP) is -0.349. The van der Waals surface area contributed by atoms with Crippen LogP contribution in [0.5, 0.6) is 0 Å². The standard InChI is InChI=1S/C15H25N7O2/c1-19-9-13-10-20(4-5-21(13)15(19)23)11-14-16-17-18-22(14)8-12-2-6-24-7-3-12/h12-13H,2-11H2,1H3. The van der Waals surface area contributed by atoms with Crippen LogP contribution in [0.2, 0.25) is 0 Å². The van der Waals surface area contributed by atoms with E-state index in [-0.39, 0.29) is 12.1 Å². The molecule has 1 atom stereocenters. The first-order chi connectivity index (χ1) is 11.7. The molecule has 3 aliphatic heterocycles. The fourth-order valence-corrected chi connectivity index (χ4v) is 3.94. The van der Waals surface area contributed by atoms with Gasteiger partial charge in [-0.05, 0) is 29.2 Å². The highest BCUT2D eigenvalue weighted by molar-refractivity contribution is 5.77. The van der Waals surface area contributed by atoms with E-state index in [0.717, 1.165) is 71.1 Å². The zero-order chi connectivity index (χ0) is 16.5. The Morgan fingerprint density at radius 1 is 1.21 bits per heavy atom. The van der Waals surface area contributed by atoms with Crippen molar-refractivity contribution in [3.05, 3.63) is 5.82 Å². The number of urea groups is 1. The zero-order valence-electron chi connectivity index (χ0n) is 14.2. The first-order valence-electron chi connectivity index (χ1n) is 8.77. The van der Waals surface area contributed by atoms with Gasteiger partial charge in [0.1, 0.15) is 0 Å². The molecule has 3 saturated heterocycles. The fourth-order valence-electron chi connectivity index (χ4n) is 3.94. The second-order valence-corrected chi connectivity index (χ2v) is 7.08. The summed E-state index contributed by atoms with van der Waals surface area (Å²) in [5.74, 6) is 1.52. The number of tetrazole rings is 1. The summed E-state index contributed by atoms with van der Waals surface area (Å²) in [6, 6.07) is 0.445. The highest BCUT2D eigenvalue weighted by atomic mass is 16.5. The SMILES string of the molecule is CN1CC2CN(Cc3nnnn3CC3CCOCC3)CCN2C1=O. The van der Waals surface area contributed by atoms with Gasteiger partial charge in [-0.2, -0.15) is 0 Å². The Labute approximate surface area is 141 Å². The van der Waals surface area contributed by atoms with Gasteiger partial charge < -0.3 is 14.5 Å². The van der Waals surface area contributed by atoms with Crippen LogP contribution in [0.3, 0.4) is 0 Å². The van der Waals surface area contributed by atoms with E-state index in [1.807, 2.05) is 21.5 Å². The molecular formula is C15H25N7O2. The molecule has 4 heterocycles.